The molecule has 0 aliphatic carbocycles. The van der Waals surface area contributed by atoms with Crippen LogP contribution in [0.3, 0.4) is 0 Å². The first-order valence-corrected chi connectivity index (χ1v) is 6.32. The fraction of sp³-hybridized carbons (Fsp3) is 0.200. The Balaban J connectivity index is 1.77. The smallest absolute Gasteiger partial charge is 0.141 e. The van der Waals surface area contributed by atoms with E-state index in [1.54, 1.807) is 12.1 Å². The highest BCUT2D eigenvalue weighted by Gasteiger charge is 2.00. The lowest BCUT2D eigenvalue weighted by Crippen LogP contribution is -2.16. The lowest BCUT2D eigenvalue weighted by atomic mass is 10.1. The summed E-state index contributed by atoms with van der Waals surface area (Å²) in [5.41, 5.74) is 2.30. The molecular formula is C15H15ClFN. The first kappa shape index (κ1) is 13.1. The van der Waals surface area contributed by atoms with Gasteiger partial charge in [-0.1, -0.05) is 48.0 Å². The van der Waals surface area contributed by atoms with Crippen LogP contribution in [0.25, 0.3) is 0 Å². The van der Waals surface area contributed by atoms with Gasteiger partial charge in [0.05, 0.1) is 5.02 Å². The van der Waals surface area contributed by atoms with Crippen molar-refractivity contribution in [2.24, 2.45) is 0 Å². The Hall–Kier alpha value is -1.38. The van der Waals surface area contributed by atoms with Crippen LogP contribution < -0.4 is 5.32 Å². The highest BCUT2D eigenvalue weighted by Crippen LogP contribution is 2.15. The number of hydrogen-bond acceptors (Lipinski definition) is 1. The molecule has 0 aromatic heterocycles. The second-order valence-corrected chi connectivity index (χ2v) is 4.57. The van der Waals surface area contributed by atoms with E-state index >= 15 is 0 Å². The monoisotopic (exact) mass is 263 g/mol. The van der Waals surface area contributed by atoms with Crippen molar-refractivity contribution in [2.45, 2.75) is 13.0 Å². The third kappa shape index (κ3) is 3.83. The largest absolute Gasteiger partial charge is 0.312 e. The van der Waals surface area contributed by atoms with E-state index < -0.39 is 0 Å². The average Bonchev–Trinajstić information content (AvgIpc) is 2.40. The molecule has 0 aliphatic rings. The van der Waals surface area contributed by atoms with Crippen LogP contribution in [-0.4, -0.2) is 6.54 Å². The van der Waals surface area contributed by atoms with Crippen LogP contribution in [-0.2, 0) is 13.0 Å². The summed E-state index contributed by atoms with van der Waals surface area (Å²) >= 11 is 5.72. The summed E-state index contributed by atoms with van der Waals surface area (Å²) in [5.74, 6) is -0.371. The SMILES string of the molecule is Fc1ccc(CNCCc2ccccc2)cc1Cl. The predicted molar refractivity (Wildman–Crippen MR) is 73.3 cm³/mol. The normalized spacial score (nSPS) is 10.6. The third-order valence-corrected chi connectivity index (χ3v) is 3.04. The maximum absolute atomic E-state index is 13.0. The molecule has 2 aromatic rings. The summed E-state index contributed by atoms with van der Waals surface area (Å²) in [4.78, 5) is 0. The molecule has 1 nitrogen and oxygen atoms in total. The number of rotatable bonds is 5. The number of halogens is 2. The Kier molecular flexibility index (Phi) is 4.73. The van der Waals surface area contributed by atoms with Gasteiger partial charge >= 0.3 is 0 Å². The molecule has 0 amide bonds. The Labute approximate surface area is 112 Å². The van der Waals surface area contributed by atoms with Gasteiger partial charge in [-0.25, -0.2) is 4.39 Å². The van der Waals surface area contributed by atoms with E-state index in [0.717, 1.165) is 18.5 Å². The van der Waals surface area contributed by atoms with Crippen LogP contribution in [0.1, 0.15) is 11.1 Å². The molecule has 0 spiro atoms. The highest BCUT2D eigenvalue weighted by atomic mass is 35.5. The van der Waals surface area contributed by atoms with E-state index in [1.807, 2.05) is 18.2 Å². The maximum Gasteiger partial charge on any atom is 0.141 e. The summed E-state index contributed by atoms with van der Waals surface area (Å²) in [6.45, 7) is 1.59. The van der Waals surface area contributed by atoms with Crippen molar-refractivity contribution in [1.82, 2.24) is 5.32 Å². The van der Waals surface area contributed by atoms with E-state index in [9.17, 15) is 4.39 Å². The second-order valence-electron chi connectivity index (χ2n) is 4.16. The Morgan fingerprint density at radius 1 is 1.00 bits per heavy atom. The standard InChI is InChI=1S/C15H15ClFN/c16-14-10-13(6-7-15(14)17)11-18-9-8-12-4-2-1-3-5-12/h1-7,10,18H,8-9,11H2. The number of hydrogen-bond donors (Lipinski definition) is 1. The van der Waals surface area contributed by atoms with Crippen LogP contribution in [0.15, 0.2) is 48.5 Å². The number of nitrogens with one attached hydrogen (secondary N) is 1. The van der Waals surface area contributed by atoms with Gasteiger partial charge in [0.25, 0.3) is 0 Å². The lowest BCUT2D eigenvalue weighted by molar-refractivity contribution is 0.625. The van der Waals surface area contributed by atoms with Crippen LogP contribution in [0.5, 0.6) is 0 Å². The predicted octanol–water partition coefficient (Wildman–Crippen LogP) is 3.81. The van der Waals surface area contributed by atoms with E-state index in [-0.39, 0.29) is 10.8 Å². The fourth-order valence-corrected chi connectivity index (χ4v) is 1.96. The molecule has 0 bridgehead atoms. The van der Waals surface area contributed by atoms with E-state index in [0.29, 0.717) is 6.54 Å². The van der Waals surface area contributed by atoms with Crippen molar-refractivity contribution >= 4 is 11.6 Å². The first-order chi connectivity index (χ1) is 8.75. The molecule has 1 N–H and O–H groups in total. The van der Waals surface area contributed by atoms with Crippen molar-refractivity contribution in [2.75, 3.05) is 6.54 Å². The van der Waals surface area contributed by atoms with Gasteiger partial charge in [0.2, 0.25) is 0 Å². The van der Waals surface area contributed by atoms with Gasteiger partial charge in [0.15, 0.2) is 0 Å². The van der Waals surface area contributed by atoms with Crippen molar-refractivity contribution in [3.05, 3.63) is 70.5 Å². The molecule has 2 aromatic carbocycles. The molecule has 0 unspecified atom stereocenters. The van der Waals surface area contributed by atoms with Crippen molar-refractivity contribution in [3.63, 3.8) is 0 Å². The van der Waals surface area contributed by atoms with Gasteiger partial charge in [-0.15, -0.1) is 0 Å². The molecule has 94 valence electrons. The second kappa shape index (κ2) is 6.53. The molecule has 18 heavy (non-hydrogen) atoms. The molecule has 3 heteroatoms. The topological polar surface area (TPSA) is 12.0 Å². The molecule has 0 fully saturated rings. The Morgan fingerprint density at radius 3 is 2.50 bits per heavy atom. The van der Waals surface area contributed by atoms with Crippen molar-refractivity contribution < 1.29 is 4.39 Å². The van der Waals surface area contributed by atoms with E-state index in [2.05, 4.69) is 17.4 Å². The minimum absolute atomic E-state index is 0.178. The van der Waals surface area contributed by atoms with Gasteiger partial charge in [0.1, 0.15) is 5.82 Å². The Bertz CT molecular complexity index is 499. The first-order valence-electron chi connectivity index (χ1n) is 5.94. The summed E-state index contributed by atoms with van der Waals surface area (Å²) in [6.07, 6.45) is 0.982. The zero-order valence-corrected chi connectivity index (χ0v) is 10.8. The molecule has 0 atom stereocenters. The Morgan fingerprint density at radius 2 is 1.78 bits per heavy atom. The summed E-state index contributed by atoms with van der Waals surface area (Å²) < 4.78 is 13.0. The third-order valence-electron chi connectivity index (χ3n) is 2.75. The van der Waals surface area contributed by atoms with Gasteiger partial charge in [0, 0.05) is 6.54 Å². The average molecular weight is 264 g/mol. The van der Waals surface area contributed by atoms with Gasteiger partial charge in [-0.2, -0.15) is 0 Å². The van der Waals surface area contributed by atoms with Gasteiger partial charge in [-0.3, -0.25) is 0 Å². The lowest BCUT2D eigenvalue weighted by Gasteiger charge is -2.06. The zero-order chi connectivity index (χ0) is 12.8. The molecular weight excluding hydrogens is 249 g/mol. The van der Waals surface area contributed by atoms with Crippen LogP contribution in [0.2, 0.25) is 5.02 Å². The minimum Gasteiger partial charge on any atom is -0.312 e. The fourth-order valence-electron chi connectivity index (χ4n) is 1.76. The van der Waals surface area contributed by atoms with Gasteiger partial charge in [-0.05, 0) is 36.2 Å². The zero-order valence-electron chi connectivity index (χ0n) is 10.00. The van der Waals surface area contributed by atoms with Crippen molar-refractivity contribution in [3.8, 4) is 0 Å². The van der Waals surface area contributed by atoms with Crippen molar-refractivity contribution in [1.29, 1.82) is 0 Å². The molecule has 2 rings (SSSR count). The molecule has 0 radical (unpaired) electrons. The van der Waals surface area contributed by atoms with Crippen LogP contribution in [0, 0.1) is 5.82 Å². The summed E-state index contributed by atoms with van der Waals surface area (Å²) in [5, 5.41) is 3.49. The van der Waals surface area contributed by atoms with E-state index in [4.69, 9.17) is 11.6 Å². The summed E-state index contributed by atoms with van der Waals surface area (Å²) in [6, 6.07) is 15.1. The van der Waals surface area contributed by atoms with Gasteiger partial charge < -0.3 is 5.32 Å². The van der Waals surface area contributed by atoms with E-state index in [1.165, 1.54) is 11.6 Å². The minimum atomic E-state index is -0.371. The summed E-state index contributed by atoms with van der Waals surface area (Å²) in [7, 11) is 0. The molecule has 0 aliphatic heterocycles. The highest BCUT2D eigenvalue weighted by molar-refractivity contribution is 6.30. The maximum atomic E-state index is 13.0. The molecule has 0 saturated heterocycles. The molecule has 0 heterocycles. The quantitative estimate of drug-likeness (QED) is 0.809. The molecule has 0 saturated carbocycles. The van der Waals surface area contributed by atoms with Crippen LogP contribution >= 0.6 is 11.6 Å². The number of benzene rings is 2. The van der Waals surface area contributed by atoms with Crippen LogP contribution in [0.4, 0.5) is 4.39 Å².